The average Bonchev–Trinajstić information content (AvgIpc) is 2.73. The molecule has 0 unspecified atom stereocenters. The Morgan fingerprint density at radius 3 is 2.88 bits per heavy atom. The summed E-state index contributed by atoms with van der Waals surface area (Å²) >= 11 is 1.39. The van der Waals surface area contributed by atoms with Crippen molar-refractivity contribution >= 4 is 22.9 Å². The van der Waals surface area contributed by atoms with Gasteiger partial charge in [0.2, 0.25) is 4.80 Å². The van der Waals surface area contributed by atoms with E-state index in [0.717, 1.165) is 16.1 Å². The van der Waals surface area contributed by atoms with Crippen LogP contribution < -0.4 is 4.80 Å². The van der Waals surface area contributed by atoms with E-state index < -0.39 is 0 Å². The molecule has 0 atom stereocenters. The van der Waals surface area contributed by atoms with Gasteiger partial charge < -0.3 is 0 Å². The topological polar surface area (TPSA) is 42.5 Å². The maximum absolute atomic E-state index is 4.54. The summed E-state index contributed by atoms with van der Waals surface area (Å²) in [5.74, 6) is 0. The highest BCUT2D eigenvalue weighted by molar-refractivity contribution is 7.03. The summed E-state index contributed by atoms with van der Waals surface area (Å²) in [7, 11) is 0. The SMILES string of the molecule is Cc1ccn2c(=Nc3ccncc3)snc2c1. The van der Waals surface area contributed by atoms with Crippen LogP contribution in [0, 0.1) is 6.92 Å². The smallest absolute Gasteiger partial charge is 0.213 e. The van der Waals surface area contributed by atoms with Gasteiger partial charge in [-0.3, -0.25) is 9.38 Å². The minimum absolute atomic E-state index is 0.867. The second kappa shape index (κ2) is 4.10. The van der Waals surface area contributed by atoms with Crippen LogP contribution in [0.3, 0.4) is 0 Å². The zero-order valence-electron chi connectivity index (χ0n) is 9.24. The Kier molecular flexibility index (Phi) is 2.45. The van der Waals surface area contributed by atoms with Gasteiger partial charge in [-0.2, -0.15) is 4.37 Å². The Balaban J connectivity index is 2.22. The van der Waals surface area contributed by atoms with Crippen molar-refractivity contribution in [1.82, 2.24) is 13.8 Å². The monoisotopic (exact) mass is 242 g/mol. The number of pyridine rings is 2. The highest BCUT2D eigenvalue weighted by Gasteiger charge is 1.98. The number of rotatable bonds is 1. The summed E-state index contributed by atoms with van der Waals surface area (Å²) < 4.78 is 6.36. The Labute approximate surface area is 102 Å². The molecule has 3 aromatic heterocycles. The first-order valence-electron chi connectivity index (χ1n) is 5.22. The van der Waals surface area contributed by atoms with Crippen LogP contribution in [0.15, 0.2) is 47.8 Å². The van der Waals surface area contributed by atoms with Crippen LogP contribution >= 0.6 is 11.5 Å². The molecule has 0 radical (unpaired) electrons. The van der Waals surface area contributed by atoms with Gasteiger partial charge >= 0.3 is 0 Å². The van der Waals surface area contributed by atoms with Gasteiger partial charge in [-0.1, -0.05) is 0 Å². The average molecular weight is 242 g/mol. The lowest BCUT2D eigenvalue weighted by Gasteiger charge is -1.94. The van der Waals surface area contributed by atoms with Gasteiger partial charge in [-0.25, -0.2) is 4.99 Å². The maximum Gasteiger partial charge on any atom is 0.213 e. The predicted molar refractivity (Wildman–Crippen MR) is 67.3 cm³/mol. The molecule has 0 saturated heterocycles. The molecule has 0 aliphatic heterocycles. The molecule has 17 heavy (non-hydrogen) atoms. The van der Waals surface area contributed by atoms with E-state index in [4.69, 9.17) is 0 Å². The first-order chi connectivity index (χ1) is 8.33. The van der Waals surface area contributed by atoms with Crippen LogP contribution in [-0.2, 0) is 0 Å². The molecule has 5 heteroatoms. The van der Waals surface area contributed by atoms with E-state index in [1.807, 2.05) is 34.9 Å². The largest absolute Gasteiger partial charge is 0.275 e. The van der Waals surface area contributed by atoms with Crippen molar-refractivity contribution in [3.8, 4) is 0 Å². The van der Waals surface area contributed by atoms with Crippen molar-refractivity contribution in [2.45, 2.75) is 6.92 Å². The first kappa shape index (κ1) is 10.2. The minimum atomic E-state index is 0.867. The molecule has 3 heterocycles. The van der Waals surface area contributed by atoms with Crippen molar-refractivity contribution in [3.05, 3.63) is 53.2 Å². The van der Waals surface area contributed by atoms with Gasteiger partial charge in [0.05, 0.1) is 5.69 Å². The van der Waals surface area contributed by atoms with E-state index in [0.29, 0.717) is 0 Å². The molecular formula is C12H10N4S. The molecule has 3 rings (SSSR count). The van der Waals surface area contributed by atoms with Crippen molar-refractivity contribution < 1.29 is 0 Å². The van der Waals surface area contributed by atoms with E-state index in [-0.39, 0.29) is 0 Å². The third-order valence-corrected chi connectivity index (χ3v) is 3.13. The van der Waals surface area contributed by atoms with Crippen LogP contribution in [0.1, 0.15) is 5.56 Å². The normalized spacial score (nSPS) is 12.2. The molecule has 0 aliphatic rings. The van der Waals surface area contributed by atoms with E-state index >= 15 is 0 Å². The Morgan fingerprint density at radius 1 is 1.24 bits per heavy atom. The summed E-state index contributed by atoms with van der Waals surface area (Å²) in [4.78, 5) is 9.37. The summed E-state index contributed by atoms with van der Waals surface area (Å²) in [6.07, 6.45) is 5.46. The molecule has 0 aromatic carbocycles. The van der Waals surface area contributed by atoms with E-state index in [2.05, 4.69) is 21.3 Å². The number of hydrogen-bond donors (Lipinski definition) is 0. The fourth-order valence-electron chi connectivity index (χ4n) is 1.56. The van der Waals surface area contributed by atoms with E-state index in [9.17, 15) is 0 Å². The Morgan fingerprint density at radius 2 is 2.06 bits per heavy atom. The number of aromatic nitrogens is 3. The fourth-order valence-corrected chi connectivity index (χ4v) is 2.26. The second-order valence-electron chi connectivity index (χ2n) is 3.71. The van der Waals surface area contributed by atoms with Crippen LogP contribution in [0.5, 0.6) is 0 Å². The van der Waals surface area contributed by atoms with E-state index in [1.54, 1.807) is 12.4 Å². The molecule has 0 aliphatic carbocycles. The standard InChI is InChI=1S/C12H10N4S/c1-9-4-7-16-11(8-9)15-17-12(16)14-10-2-5-13-6-3-10/h2-8H,1H3. The fraction of sp³-hybridized carbons (Fsp3) is 0.0833. The van der Waals surface area contributed by atoms with Gasteiger partial charge in [0, 0.05) is 30.1 Å². The molecule has 0 bridgehead atoms. The number of fused-ring (bicyclic) bond motifs is 1. The van der Waals surface area contributed by atoms with Gasteiger partial charge in [-0.05, 0) is 36.8 Å². The maximum atomic E-state index is 4.54. The second-order valence-corrected chi connectivity index (χ2v) is 4.44. The third-order valence-electron chi connectivity index (χ3n) is 2.40. The van der Waals surface area contributed by atoms with Gasteiger partial charge in [0.15, 0.2) is 5.65 Å². The predicted octanol–water partition coefficient (Wildman–Crippen LogP) is 2.33. The molecule has 0 fully saturated rings. The van der Waals surface area contributed by atoms with Crippen LogP contribution in [0.4, 0.5) is 5.69 Å². The molecule has 0 saturated carbocycles. The van der Waals surface area contributed by atoms with Gasteiger partial charge in [-0.15, -0.1) is 0 Å². The summed E-state index contributed by atoms with van der Waals surface area (Å²) in [5.41, 5.74) is 3.02. The van der Waals surface area contributed by atoms with Crippen LogP contribution in [0.2, 0.25) is 0 Å². The van der Waals surface area contributed by atoms with Crippen molar-refractivity contribution in [2.75, 3.05) is 0 Å². The zero-order chi connectivity index (χ0) is 11.7. The number of aryl methyl sites for hydroxylation is 1. The van der Waals surface area contributed by atoms with Gasteiger partial charge in [0.25, 0.3) is 0 Å². The molecular weight excluding hydrogens is 232 g/mol. The lowest BCUT2D eigenvalue weighted by Crippen LogP contribution is -2.05. The Hall–Kier alpha value is -2.01. The highest BCUT2D eigenvalue weighted by atomic mass is 32.1. The highest BCUT2D eigenvalue weighted by Crippen LogP contribution is 2.08. The third kappa shape index (κ3) is 1.97. The molecule has 0 N–H and O–H groups in total. The number of hydrogen-bond acceptors (Lipinski definition) is 4. The minimum Gasteiger partial charge on any atom is -0.275 e. The van der Waals surface area contributed by atoms with Crippen LogP contribution in [0.25, 0.3) is 5.65 Å². The summed E-state index contributed by atoms with van der Waals surface area (Å²) in [6.45, 7) is 2.05. The first-order valence-corrected chi connectivity index (χ1v) is 6.00. The van der Waals surface area contributed by atoms with Crippen molar-refractivity contribution in [2.24, 2.45) is 4.99 Å². The van der Waals surface area contributed by atoms with Crippen molar-refractivity contribution in [3.63, 3.8) is 0 Å². The molecule has 3 aromatic rings. The molecule has 0 spiro atoms. The summed E-state index contributed by atoms with van der Waals surface area (Å²) in [5, 5.41) is 0. The lowest BCUT2D eigenvalue weighted by molar-refractivity contribution is 1.08. The van der Waals surface area contributed by atoms with Gasteiger partial charge in [0.1, 0.15) is 0 Å². The molecule has 4 nitrogen and oxygen atoms in total. The molecule has 0 amide bonds. The van der Waals surface area contributed by atoms with Crippen LogP contribution in [-0.4, -0.2) is 13.8 Å². The summed E-state index contributed by atoms with van der Waals surface area (Å²) in [6, 6.07) is 7.84. The van der Waals surface area contributed by atoms with Crippen molar-refractivity contribution in [1.29, 1.82) is 0 Å². The Bertz CT molecular complexity index is 712. The quantitative estimate of drug-likeness (QED) is 0.657. The lowest BCUT2D eigenvalue weighted by atomic mass is 10.3. The number of nitrogens with zero attached hydrogens (tertiary/aromatic N) is 4. The molecule has 84 valence electrons. The zero-order valence-corrected chi connectivity index (χ0v) is 10.1. The van der Waals surface area contributed by atoms with E-state index in [1.165, 1.54) is 17.1 Å².